The lowest BCUT2D eigenvalue weighted by Gasteiger charge is -2.31. The van der Waals surface area contributed by atoms with Gasteiger partial charge in [-0.25, -0.2) is 0 Å². The van der Waals surface area contributed by atoms with Gasteiger partial charge in [-0.2, -0.15) is 5.10 Å². The summed E-state index contributed by atoms with van der Waals surface area (Å²) in [6, 6.07) is 17.0. The number of carbonyl (C=O) groups is 3. The maximum absolute atomic E-state index is 13.4. The molecule has 1 aliphatic rings. The maximum atomic E-state index is 13.4. The van der Waals surface area contributed by atoms with Gasteiger partial charge in [0, 0.05) is 29.3 Å². The Kier molecular flexibility index (Phi) is 9.28. The van der Waals surface area contributed by atoms with E-state index in [-0.39, 0.29) is 5.91 Å². The number of amides is 2. The monoisotopic (exact) mass is 596 g/mol. The highest BCUT2D eigenvalue weighted by Gasteiger charge is 2.27. The molecule has 2 N–H and O–H groups in total. The molecule has 10 heteroatoms. The summed E-state index contributed by atoms with van der Waals surface area (Å²) in [4.78, 5) is 38.2. The van der Waals surface area contributed by atoms with Gasteiger partial charge in [-0.3, -0.25) is 19.1 Å². The van der Waals surface area contributed by atoms with E-state index in [9.17, 15) is 14.4 Å². The molecular weight excluding hydrogens is 560 g/mol. The number of carboxylic acids is 1. The van der Waals surface area contributed by atoms with Gasteiger partial charge in [0.05, 0.1) is 31.6 Å². The quantitative estimate of drug-likeness (QED) is 0.236. The molecule has 0 bridgehead atoms. The van der Waals surface area contributed by atoms with Gasteiger partial charge in [-0.05, 0) is 79.8 Å². The van der Waals surface area contributed by atoms with Crippen LogP contribution in [0.5, 0.6) is 11.5 Å². The van der Waals surface area contributed by atoms with Crippen molar-refractivity contribution in [1.29, 1.82) is 0 Å². The minimum absolute atomic E-state index is 0.0265. The normalized spacial score (nSPS) is 12.3. The smallest absolute Gasteiger partial charge is 0.322 e. The molecule has 1 aromatic heterocycles. The van der Waals surface area contributed by atoms with Crippen molar-refractivity contribution in [3.05, 3.63) is 94.8 Å². The zero-order valence-corrected chi connectivity index (χ0v) is 25.1. The number of rotatable bonds is 11. The third kappa shape index (κ3) is 7.08. The van der Waals surface area contributed by atoms with E-state index in [2.05, 4.69) is 23.4 Å². The number of aryl methyl sites for hydroxylation is 2. The molecule has 2 amide bonds. The Bertz CT molecular complexity index is 1700. The largest absolute Gasteiger partial charge is 0.493 e. The van der Waals surface area contributed by atoms with Crippen LogP contribution in [0.1, 0.15) is 45.5 Å². The van der Waals surface area contributed by atoms with E-state index in [4.69, 9.17) is 14.6 Å². The minimum Gasteiger partial charge on any atom is -0.493 e. The highest BCUT2D eigenvalue weighted by molar-refractivity contribution is 5.97. The molecule has 3 aromatic carbocycles. The topological polar surface area (TPSA) is 123 Å². The van der Waals surface area contributed by atoms with Crippen molar-refractivity contribution < 1.29 is 29.0 Å². The number of carboxylic acid groups (broad SMARTS) is 1. The minimum atomic E-state index is -1.10. The number of carbonyl (C=O) groups excluding carboxylic acids is 2. The molecule has 0 aliphatic carbocycles. The van der Waals surface area contributed by atoms with Crippen LogP contribution in [0.25, 0.3) is 11.1 Å². The second-order valence-corrected chi connectivity index (χ2v) is 10.9. The standard InChI is InChI=1S/C34H36N4O6/c1-22-15-28(27-18-36-37(21-27)20-25-8-5-9-26(17-25)34(42)35-19-32(40)41)33-29(16-22)38(12-14-44-33)31(39)11-6-13-43-30-10-4-7-23(2)24(30)3/h4-5,7-10,15-18,21H,6,11-14,19-20H2,1-3H3,(H,35,42)(H,40,41). The van der Waals surface area contributed by atoms with Gasteiger partial charge in [-0.15, -0.1) is 0 Å². The highest BCUT2D eigenvalue weighted by Crippen LogP contribution is 2.42. The number of fused-ring (bicyclic) bond motifs is 1. The van der Waals surface area contributed by atoms with Gasteiger partial charge in [0.25, 0.3) is 5.91 Å². The fourth-order valence-electron chi connectivity index (χ4n) is 5.21. The zero-order chi connectivity index (χ0) is 31.2. The highest BCUT2D eigenvalue weighted by atomic mass is 16.5. The third-order valence-corrected chi connectivity index (χ3v) is 7.59. The molecule has 0 atom stereocenters. The molecule has 0 saturated heterocycles. The predicted octanol–water partition coefficient (Wildman–Crippen LogP) is 4.92. The molecule has 1 aliphatic heterocycles. The number of ether oxygens (including phenoxy) is 2. The van der Waals surface area contributed by atoms with E-state index in [1.807, 2.05) is 50.4 Å². The Labute approximate surface area is 256 Å². The molecule has 44 heavy (non-hydrogen) atoms. The summed E-state index contributed by atoms with van der Waals surface area (Å²) in [7, 11) is 0. The molecule has 0 radical (unpaired) electrons. The van der Waals surface area contributed by atoms with Crippen molar-refractivity contribution in [3.8, 4) is 22.6 Å². The first kappa shape index (κ1) is 30.3. The lowest BCUT2D eigenvalue weighted by atomic mass is 10.0. The SMILES string of the molecule is Cc1cc(-c2cnn(Cc3cccc(C(=O)NCC(=O)O)c3)c2)c2c(c1)N(C(=O)CCCOc1cccc(C)c1C)CCO2. The van der Waals surface area contributed by atoms with Crippen molar-refractivity contribution in [1.82, 2.24) is 15.1 Å². The molecule has 0 spiro atoms. The number of aromatic nitrogens is 2. The van der Waals surface area contributed by atoms with Gasteiger partial charge in [0.15, 0.2) is 5.75 Å². The number of hydrogen-bond acceptors (Lipinski definition) is 6. The lowest BCUT2D eigenvalue weighted by molar-refractivity contribution is -0.135. The van der Waals surface area contributed by atoms with Crippen LogP contribution >= 0.6 is 0 Å². The third-order valence-electron chi connectivity index (χ3n) is 7.59. The van der Waals surface area contributed by atoms with E-state index in [0.29, 0.717) is 50.5 Å². The van der Waals surface area contributed by atoms with Crippen LogP contribution < -0.4 is 19.7 Å². The zero-order valence-electron chi connectivity index (χ0n) is 25.1. The molecule has 0 unspecified atom stereocenters. The van der Waals surface area contributed by atoms with Gasteiger partial charge in [0.2, 0.25) is 5.91 Å². The van der Waals surface area contributed by atoms with E-state index in [1.165, 1.54) is 5.56 Å². The number of hydrogen-bond donors (Lipinski definition) is 2. The predicted molar refractivity (Wildman–Crippen MR) is 166 cm³/mol. The van der Waals surface area contributed by atoms with Crippen molar-refractivity contribution in [2.75, 3.05) is 31.2 Å². The van der Waals surface area contributed by atoms with Gasteiger partial charge >= 0.3 is 5.97 Å². The number of nitrogens with one attached hydrogen (secondary N) is 1. The van der Waals surface area contributed by atoms with Crippen LogP contribution in [-0.4, -0.2) is 59.0 Å². The summed E-state index contributed by atoms with van der Waals surface area (Å²) in [6.45, 7) is 7.36. The number of aliphatic carboxylic acids is 1. The van der Waals surface area contributed by atoms with E-state index < -0.39 is 18.4 Å². The summed E-state index contributed by atoms with van der Waals surface area (Å²) in [5.74, 6) is -0.0279. The summed E-state index contributed by atoms with van der Waals surface area (Å²) >= 11 is 0. The first-order valence-electron chi connectivity index (χ1n) is 14.6. The van der Waals surface area contributed by atoms with E-state index in [0.717, 1.165) is 39.3 Å². The maximum Gasteiger partial charge on any atom is 0.322 e. The second-order valence-electron chi connectivity index (χ2n) is 10.9. The Balaban J connectivity index is 1.27. The Morgan fingerprint density at radius 3 is 2.70 bits per heavy atom. The van der Waals surface area contributed by atoms with Crippen LogP contribution in [0.3, 0.4) is 0 Å². The summed E-state index contributed by atoms with van der Waals surface area (Å²) in [6.07, 6.45) is 4.62. The fraction of sp³-hybridized carbons (Fsp3) is 0.294. The van der Waals surface area contributed by atoms with E-state index in [1.54, 1.807) is 34.0 Å². The lowest BCUT2D eigenvalue weighted by Crippen LogP contribution is -2.38. The molecule has 5 rings (SSSR count). The van der Waals surface area contributed by atoms with Crippen molar-refractivity contribution in [3.63, 3.8) is 0 Å². The van der Waals surface area contributed by atoms with Crippen LogP contribution in [0.2, 0.25) is 0 Å². The molecule has 2 heterocycles. The molecular formula is C34H36N4O6. The summed E-state index contributed by atoms with van der Waals surface area (Å²) in [5, 5.41) is 15.7. The molecule has 0 fully saturated rings. The second kappa shape index (κ2) is 13.5. The average Bonchev–Trinajstić information content (AvgIpc) is 3.47. The van der Waals surface area contributed by atoms with E-state index >= 15 is 0 Å². The van der Waals surface area contributed by atoms with Gasteiger partial charge in [0.1, 0.15) is 18.9 Å². The molecule has 4 aromatic rings. The van der Waals surface area contributed by atoms with Gasteiger partial charge < -0.3 is 24.8 Å². The summed E-state index contributed by atoms with van der Waals surface area (Å²) < 4.78 is 13.8. The number of anilines is 1. The fourth-order valence-corrected chi connectivity index (χ4v) is 5.21. The van der Waals surface area contributed by atoms with Crippen molar-refractivity contribution in [2.45, 2.75) is 40.2 Å². The van der Waals surface area contributed by atoms with Crippen molar-refractivity contribution >= 4 is 23.5 Å². The van der Waals surface area contributed by atoms with Gasteiger partial charge in [-0.1, -0.05) is 24.3 Å². The van der Waals surface area contributed by atoms with Crippen LogP contribution in [0, 0.1) is 20.8 Å². The average molecular weight is 597 g/mol. The Hall–Kier alpha value is -5.12. The van der Waals surface area contributed by atoms with Crippen molar-refractivity contribution in [2.24, 2.45) is 0 Å². The van der Waals surface area contributed by atoms with Crippen LogP contribution in [0.4, 0.5) is 5.69 Å². The Morgan fingerprint density at radius 2 is 1.89 bits per heavy atom. The summed E-state index contributed by atoms with van der Waals surface area (Å²) in [5.41, 5.74) is 6.94. The number of benzene rings is 3. The first-order valence-corrected chi connectivity index (χ1v) is 14.6. The molecule has 10 nitrogen and oxygen atoms in total. The van der Waals surface area contributed by atoms with Crippen LogP contribution in [0.15, 0.2) is 67.0 Å². The van der Waals surface area contributed by atoms with Crippen LogP contribution in [-0.2, 0) is 16.1 Å². The Morgan fingerprint density at radius 1 is 1.07 bits per heavy atom. The molecule has 0 saturated carbocycles. The first-order chi connectivity index (χ1) is 21.2. The molecule has 228 valence electrons. The number of nitrogens with zero attached hydrogens (tertiary/aromatic N) is 3.